The highest BCUT2D eigenvalue weighted by atomic mass is 35.5. The van der Waals surface area contributed by atoms with Gasteiger partial charge in [0.15, 0.2) is 0 Å². The van der Waals surface area contributed by atoms with E-state index in [4.69, 9.17) is 22.1 Å². The standard InChI is InChI=1S/C14H12ClN3O/c1-19-12-8-3-2-7-11(12)18-13-9(15)5-4-6-10(13)17-14(18)16/h2-8H,1H3,(H2,16,17). The maximum absolute atomic E-state index is 6.26. The Balaban J connectivity index is 2.39. The lowest BCUT2D eigenvalue weighted by atomic mass is 10.2. The Hall–Kier alpha value is -2.20. The van der Waals surface area contributed by atoms with Gasteiger partial charge in [0.05, 0.1) is 28.9 Å². The molecule has 2 aromatic carbocycles. The predicted octanol–water partition coefficient (Wildman–Crippen LogP) is 3.27. The Kier molecular flexibility index (Phi) is 2.80. The van der Waals surface area contributed by atoms with Crippen molar-refractivity contribution < 1.29 is 4.74 Å². The number of nitrogens with zero attached hydrogens (tertiary/aromatic N) is 2. The molecule has 0 spiro atoms. The van der Waals surface area contributed by atoms with Crippen LogP contribution in [-0.4, -0.2) is 16.7 Å². The highest BCUT2D eigenvalue weighted by molar-refractivity contribution is 6.35. The van der Waals surface area contributed by atoms with Crippen molar-refractivity contribution in [1.29, 1.82) is 0 Å². The molecule has 0 unspecified atom stereocenters. The van der Waals surface area contributed by atoms with Crippen molar-refractivity contribution in [2.45, 2.75) is 0 Å². The van der Waals surface area contributed by atoms with Crippen LogP contribution in [0.3, 0.4) is 0 Å². The summed E-state index contributed by atoms with van der Waals surface area (Å²) >= 11 is 6.26. The van der Waals surface area contributed by atoms with Crippen molar-refractivity contribution >= 4 is 28.6 Å². The van der Waals surface area contributed by atoms with E-state index in [1.807, 2.05) is 42.5 Å². The lowest BCUT2D eigenvalue weighted by molar-refractivity contribution is 0.413. The highest BCUT2D eigenvalue weighted by Gasteiger charge is 2.15. The van der Waals surface area contributed by atoms with Crippen molar-refractivity contribution in [3.63, 3.8) is 0 Å². The van der Waals surface area contributed by atoms with Crippen LogP contribution >= 0.6 is 11.6 Å². The average molecular weight is 274 g/mol. The molecule has 0 radical (unpaired) electrons. The molecule has 0 amide bonds. The van der Waals surface area contributed by atoms with Gasteiger partial charge in [-0.25, -0.2) is 4.98 Å². The molecular formula is C14H12ClN3O. The number of methoxy groups -OCH3 is 1. The van der Waals surface area contributed by atoms with Crippen LogP contribution in [0.25, 0.3) is 16.7 Å². The van der Waals surface area contributed by atoms with Gasteiger partial charge in [0.1, 0.15) is 5.75 Å². The third-order valence-electron chi connectivity index (χ3n) is 2.98. The van der Waals surface area contributed by atoms with E-state index in [1.165, 1.54) is 0 Å². The van der Waals surface area contributed by atoms with Gasteiger partial charge < -0.3 is 10.5 Å². The maximum Gasteiger partial charge on any atom is 0.206 e. The number of aromatic nitrogens is 2. The number of nitrogens with two attached hydrogens (primary N) is 1. The van der Waals surface area contributed by atoms with Crippen molar-refractivity contribution in [3.05, 3.63) is 47.5 Å². The lowest BCUT2D eigenvalue weighted by Gasteiger charge is -2.11. The number of halogens is 1. The summed E-state index contributed by atoms with van der Waals surface area (Å²) in [5.74, 6) is 1.10. The number of fused-ring (bicyclic) bond motifs is 1. The molecule has 0 saturated heterocycles. The molecule has 0 fully saturated rings. The summed E-state index contributed by atoms with van der Waals surface area (Å²) in [5.41, 5.74) is 8.38. The zero-order valence-corrected chi connectivity index (χ0v) is 11.1. The molecule has 0 atom stereocenters. The van der Waals surface area contributed by atoms with Gasteiger partial charge in [-0.05, 0) is 24.3 Å². The summed E-state index contributed by atoms with van der Waals surface area (Å²) in [6.45, 7) is 0. The zero-order valence-electron chi connectivity index (χ0n) is 10.3. The summed E-state index contributed by atoms with van der Waals surface area (Å²) in [7, 11) is 1.62. The second-order valence-electron chi connectivity index (χ2n) is 4.08. The molecule has 0 saturated carbocycles. The molecule has 0 aliphatic heterocycles. The van der Waals surface area contributed by atoms with Gasteiger partial charge in [0.2, 0.25) is 5.95 Å². The van der Waals surface area contributed by atoms with Crippen molar-refractivity contribution in [3.8, 4) is 11.4 Å². The van der Waals surface area contributed by atoms with Gasteiger partial charge in [-0.1, -0.05) is 29.8 Å². The molecule has 1 aromatic heterocycles. The second-order valence-corrected chi connectivity index (χ2v) is 4.49. The molecule has 19 heavy (non-hydrogen) atoms. The number of nitrogen functional groups attached to an aromatic ring is 1. The van der Waals surface area contributed by atoms with Crippen LogP contribution in [0.5, 0.6) is 5.75 Å². The first-order valence-electron chi connectivity index (χ1n) is 5.78. The number of rotatable bonds is 2. The van der Waals surface area contributed by atoms with Gasteiger partial charge in [-0.15, -0.1) is 0 Å². The van der Waals surface area contributed by atoms with E-state index in [2.05, 4.69) is 4.98 Å². The van der Waals surface area contributed by atoms with Crippen LogP contribution in [0.15, 0.2) is 42.5 Å². The third-order valence-corrected chi connectivity index (χ3v) is 3.28. The molecule has 0 aliphatic rings. The molecule has 96 valence electrons. The van der Waals surface area contributed by atoms with E-state index < -0.39 is 0 Å². The Labute approximate surface area is 115 Å². The molecule has 0 bridgehead atoms. The molecule has 3 rings (SSSR count). The van der Waals surface area contributed by atoms with E-state index >= 15 is 0 Å². The number of imidazole rings is 1. The normalized spacial score (nSPS) is 10.8. The van der Waals surface area contributed by atoms with E-state index in [0.717, 1.165) is 16.7 Å². The summed E-state index contributed by atoms with van der Waals surface area (Å²) in [6.07, 6.45) is 0. The minimum absolute atomic E-state index is 0.382. The van der Waals surface area contributed by atoms with Gasteiger partial charge in [-0.2, -0.15) is 0 Å². The fourth-order valence-corrected chi connectivity index (χ4v) is 2.42. The van der Waals surface area contributed by atoms with Crippen molar-refractivity contribution in [2.24, 2.45) is 0 Å². The molecule has 0 aliphatic carbocycles. The number of benzene rings is 2. The Morgan fingerprint density at radius 1 is 1.16 bits per heavy atom. The summed E-state index contributed by atoms with van der Waals surface area (Å²) in [6, 6.07) is 13.2. The SMILES string of the molecule is COc1ccccc1-n1c(N)nc2cccc(Cl)c21. The van der Waals surface area contributed by atoms with Gasteiger partial charge in [0.25, 0.3) is 0 Å². The molecule has 1 heterocycles. The first-order valence-corrected chi connectivity index (χ1v) is 6.16. The minimum Gasteiger partial charge on any atom is -0.495 e. The van der Waals surface area contributed by atoms with Crippen molar-refractivity contribution in [2.75, 3.05) is 12.8 Å². The predicted molar refractivity (Wildman–Crippen MR) is 77.0 cm³/mol. The number of para-hydroxylation sites is 3. The van der Waals surface area contributed by atoms with Crippen LogP contribution in [0.2, 0.25) is 5.02 Å². The van der Waals surface area contributed by atoms with Gasteiger partial charge in [-0.3, -0.25) is 4.57 Å². The Bertz CT molecular complexity index is 752. The van der Waals surface area contributed by atoms with Gasteiger partial charge in [0, 0.05) is 0 Å². The van der Waals surface area contributed by atoms with Crippen LogP contribution in [0.1, 0.15) is 0 Å². The largest absolute Gasteiger partial charge is 0.495 e. The fraction of sp³-hybridized carbons (Fsp3) is 0.0714. The topological polar surface area (TPSA) is 53.1 Å². The quantitative estimate of drug-likeness (QED) is 0.780. The monoisotopic (exact) mass is 273 g/mol. The number of ether oxygens (including phenoxy) is 1. The number of hydrogen-bond donors (Lipinski definition) is 1. The first-order chi connectivity index (χ1) is 9.22. The number of hydrogen-bond acceptors (Lipinski definition) is 3. The lowest BCUT2D eigenvalue weighted by Crippen LogP contribution is -2.02. The maximum atomic E-state index is 6.26. The third kappa shape index (κ3) is 1.81. The summed E-state index contributed by atoms with van der Waals surface area (Å²) < 4.78 is 7.17. The van der Waals surface area contributed by atoms with Crippen LogP contribution < -0.4 is 10.5 Å². The Morgan fingerprint density at radius 2 is 1.95 bits per heavy atom. The van der Waals surface area contributed by atoms with E-state index in [-0.39, 0.29) is 0 Å². The van der Waals surface area contributed by atoms with Crippen LogP contribution in [0.4, 0.5) is 5.95 Å². The highest BCUT2D eigenvalue weighted by Crippen LogP contribution is 2.32. The summed E-state index contributed by atoms with van der Waals surface area (Å²) in [5, 5.41) is 0.604. The summed E-state index contributed by atoms with van der Waals surface area (Å²) in [4.78, 5) is 4.33. The average Bonchev–Trinajstić information content (AvgIpc) is 2.76. The first kappa shape index (κ1) is 11.9. The smallest absolute Gasteiger partial charge is 0.206 e. The number of anilines is 1. The molecule has 4 nitrogen and oxygen atoms in total. The van der Waals surface area contributed by atoms with E-state index in [9.17, 15) is 0 Å². The van der Waals surface area contributed by atoms with E-state index in [0.29, 0.717) is 16.7 Å². The van der Waals surface area contributed by atoms with E-state index in [1.54, 1.807) is 11.7 Å². The second kappa shape index (κ2) is 4.48. The molecular weight excluding hydrogens is 262 g/mol. The molecule has 3 aromatic rings. The van der Waals surface area contributed by atoms with Crippen molar-refractivity contribution in [1.82, 2.24) is 9.55 Å². The molecule has 5 heteroatoms. The minimum atomic E-state index is 0.382. The Morgan fingerprint density at radius 3 is 2.74 bits per heavy atom. The zero-order chi connectivity index (χ0) is 13.4. The van der Waals surface area contributed by atoms with Crippen LogP contribution in [-0.2, 0) is 0 Å². The van der Waals surface area contributed by atoms with Gasteiger partial charge >= 0.3 is 0 Å². The fourth-order valence-electron chi connectivity index (χ4n) is 2.16. The molecule has 2 N–H and O–H groups in total. The van der Waals surface area contributed by atoms with Crippen LogP contribution in [0, 0.1) is 0 Å².